The minimum Gasteiger partial charge on any atom is -0.387 e. The summed E-state index contributed by atoms with van der Waals surface area (Å²) >= 11 is 0. The summed E-state index contributed by atoms with van der Waals surface area (Å²) in [5.41, 5.74) is 0. The molecule has 1 amide bonds. The summed E-state index contributed by atoms with van der Waals surface area (Å²) < 4.78 is 32.1. The number of amides is 1. The molecular formula is C31H59NO5S. The van der Waals surface area contributed by atoms with E-state index in [1.165, 1.54) is 76.7 Å². The first-order valence-corrected chi connectivity index (χ1v) is 17.1. The van der Waals surface area contributed by atoms with Gasteiger partial charge in [-0.05, 0) is 44.9 Å². The van der Waals surface area contributed by atoms with Crippen molar-refractivity contribution in [3.05, 3.63) is 24.3 Å². The molecule has 0 aromatic rings. The third-order valence-electron chi connectivity index (χ3n) is 6.87. The van der Waals surface area contributed by atoms with Gasteiger partial charge in [0.15, 0.2) is 0 Å². The molecule has 38 heavy (non-hydrogen) atoms. The molecular weight excluding hydrogens is 498 g/mol. The summed E-state index contributed by atoms with van der Waals surface area (Å²) in [5, 5.41) is 13.0. The number of unbranched alkanes of at least 4 members (excludes halogenated alkanes) is 17. The largest absolute Gasteiger partial charge is 0.387 e. The Morgan fingerprint density at radius 2 is 1.11 bits per heavy atom. The molecule has 2 unspecified atom stereocenters. The van der Waals surface area contributed by atoms with Gasteiger partial charge in [0.1, 0.15) is 0 Å². The van der Waals surface area contributed by atoms with Crippen LogP contribution in [0.2, 0.25) is 0 Å². The fraction of sp³-hybridized carbons (Fsp3) is 0.839. The Bertz CT molecular complexity index is 705. The van der Waals surface area contributed by atoms with Gasteiger partial charge in [0, 0.05) is 6.42 Å². The molecule has 0 fully saturated rings. The monoisotopic (exact) mass is 557 g/mol. The number of nitrogens with one attached hydrogen (secondary N) is 1. The van der Waals surface area contributed by atoms with Crippen molar-refractivity contribution in [3.63, 3.8) is 0 Å². The third kappa shape index (κ3) is 26.4. The lowest BCUT2D eigenvalue weighted by atomic mass is 10.1. The van der Waals surface area contributed by atoms with E-state index in [-0.39, 0.29) is 12.3 Å². The fourth-order valence-electron chi connectivity index (χ4n) is 4.50. The molecule has 0 aromatic heterocycles. The SMILES string of the molecule is CCCCCCCC/C=C\CCCCCCCC(=O)NC(CS(=O)(=O)O)C(O)/C=C/CCCCCCCC. The van der Waals surface area contributed by atoms with E-state index in [0.29, 0.717) is 0 Å². The highest BCUT2D eigenvalue weighted by Gasteiger charge is 2.24. The second kappa shape index (κ2) is 26.1. The molecule has 2 atom stereocenters. The van der Waals surface area contributed by atoms with E-state index in [2.05, 4.69) is 31.3 Å². The minimum atomic E-state index is -4.33. The lowest BCUT2D eigenvalue weighted by Gasteiger charge is -2.21. The number of aliphatic hydroxyl groups is 1. The van der Waals surface area contributed by atoms with Gasteiger partial charge in [-0.15, -0.1) is 0 Å². The van der Waals surface area contributed by atoms with Crippen molar-refractivity contribution in [1.29, 1.82) is 0 Å². The highest BCUT2D eigenvalue weighted by molar-refractivity contribution is 7.85. The second-order valence-electron chi connectivity index (χ2n) is 10.7. The number of carbonyl (C=O) groups excluding carboxylic acids is 1. The number of allylic oxidation sites excluding steroid dienone is 3. The van der Waals surface area contributed by atoms with Gasteiger partial charge < -0.3 is 10.4 Å². The molecule has 224 valence electrons. The topological polar surface area (TPSA) is 104 Å². The van der Waals surface area contributed by atoms with Gasteiger partial charge in [-0.25, -0.2) is 0 Å². The maximum Gasteiger partial charge on any atom is 0.267 e. The molecule has 6 nitrogen and oxygen atoms in total. The second-order valence-corrected chi connectivity index (χ2v) is 12.2. The summed E-state index contributed by atoms with van der Waals surface area (Å²) in [5.74, 6) is -0.993. The molecule has 7 heteroatoms. The summed E-state index contributed by atoms with van der Waals surface area (Å²) in [6, 6.07) is -1.05. The maximum absolute atomic E-state index is 12.3. The number of carbonyl (C=O) groups is 1. The molecule has 0 aliphatic rings. The summed E-state index contributed by atoms with van der Waals surface area (Å²) in [7, 11) is -4.33. The average molecular weight is 558 g/mol. The Labute approximate surface area is 234 Å². The van der Waals surface area contributed by atoms with E-state index in [1.54, 1.807) is 0 Å². The van der Waals surface area contributed by atoms with Crippen LogP contribution >= 0.6 is 0 Å². The molecule has 0 radical (unpaired) electrons. The van der Waals surface area contributed by atoms with Crippen molar-refractivity contribution in [2.75, 3.05) is 5.75 Å². The number of hydrogen-bond donors (Lipinski definition) is 3. The molecule has 3 N–H and O–H groups in total. The van der Waals surface area contributed by atoms with Crippen LogP contribution in [0.15, 0.2) is 24.3 Å². The standard InChI is InChI=1S/C31H59NO5S/c1-3-5-7-9-11-13-14-15-16-17-18-19-21-23-25-27-31(34)32-29(28-38(35,36)37)30(33)26-24-22-20-12-10-8-6-4-2/h15-16,24,26,29-30,33H,3-14,17-23,25,27-28H2,1-2H3,(H,32,34)(H,35,36,37)/b16-15-,26-24+. The van der Waals surface area contributed by atoms with E-state index in [4.69, 9.17) is 0 Å². The zero-order valence-corrected chi connectivity index (χ0v) is 25.4. The summed E-state index contributed by atoms with van der Waals surface area (Å²) in [6.45, 7) is 4.43. The van der Waals surface area contributed by atoms with Crippen LogP contribution in [0.5, 0.6) is 0 Å². The first-order valence-electron chi connectivity index (χ1n) is 15.5. The zero-order chi connectivity index (χ0) is 28.3. The zero-order valence-electron chi connectivity index (χ0n) is 24.5. The van der Waals surface area contributed by atoms with Gasteiger partial charge in [-0.1, -0.05) is 122 Å². The van der Waals surface area contributed by atoms with Crippen molar-refractivity contribution >= 4 is 16.0 Å². The molecule has 0 bridgehead atoms. The highest BCUT2D eigenvalue weighted by atomic mass is 32.2. The summed E-state index contributed by atoms with van der Waals surface area (Å²) in [4.78, 5) is 12.3. The molecule has 0 spiro atoms. The van der Waals surface area contributed by atoms with Gasteiger partial charge in [-0.2, -0.15) is 8.42 Å². The normalized spacial score (nSPS) is 13.9. The van der Waals surface area contributed by atoms with E-state index < -0.39 is 28.0 Å². The van der Waals surface area contributed by atoms with Crippen LogP contribution in [0, 0.1) is 0 Å². The van der Waals surface area contributed by atoms with E-state index in [1.807, 2.05) is 6.08 Å². The van der Waals surface area contributed by atoms with Crippen molar-refractivity contribution in [3.8, 4) is 0 Å². The van der Waals surface area contributed by atoms with Crippen LogP contribution in [-0.2, 0) is 14.9 Å². The van der Waals surface area contributed by atoms with Gasteiger partial charge >= 0.3 is 0 Å². The quantitative estimate of drug-likeness (QED) is 0.0538. The van der Waals surface area contributed by atoms with Crippen molar-refractivity contribution in [1.82, 2.24) is 5.32 Å². The average Bonchev–Trinajstić information content (AvgIpc) is 2.86. The Morgan fingerprint density at radius 3 is 1.58 bits per heavy atom. The molecule has 0 saturated carbocycles. The van der Waals surface area contributed by atoms with Crippen molar-refractivity contribution < 1.29 is 22.9 Å². The Balaban J connectivity index is 4.04. The van der Waals surface area contributed by atoms with E-state index >= 15 is 0 Å². The highest BCUT2D eigenvalue weighted by Crippen LogP contribution is 2.11. The third-order valence-corrected chi connectivity index (χ3v) is 7.65. The van der Waals surface area contributed by atoms with Crippen LogP contribution < -0.4 is 5.32 Å². The lowest BCUT2D eigenvalue weighted by molar-refractivity contribution is -0.122. The Morgan fingerprint density at radius 1 is 0.684 bits per heavy atom. The predicted molar refractivity (Wildman–Crippen MR) is 161 cm³/mol. The smallest absolute Gasteiger partial charge is 0.267 e. The van der Waals surface area contributed by atoms with Crippen LogP contribution in [0.3, 0.4) is 0 Å². The van der Waals surface area contributed by atoms with Crippen molar-refractivity contribution in [2.24, 2.45) is 0 Å². The van der Waals surface area contributed by atoms with Gasteiger partial charge in [0.2, 0.25) is 5.91 Å². The van der Waals surface area contributed by atoms with Gasteiger partial charge in [-0.3, -0.25) is 9.35 Å². The first kappa shape index (κ1) is 36.8. The van der Waals surface area contributed by atoms with Crippen LogP contribution in [-0.4, -0.2) is 41.9 Å². The molecule has 0 aliphatic carbocycles. The van der Waals surface area contributed by atoms with Gasteiger partial charge in [0.25, 0.3) is 10.1 Å². The number of rotatable bonds is 27. The minimum absolute atomic E-state index is 0.286. The fourth-order valence-corrected chi connectivity index (χ4v) is 5.23. The summed E-state index contributed by atoms with van der Waals surface area (Å²) in [6.07, 6.45) is 30.3. The maximum atomic E-state index is 12.3. The molecule has 0 saturated heterocycles. The lowest BCUT2D eigenvalue weighted by Crippen LogP contribution is -2.46. The molecule has 0 aromatic carbocycles. The number of aliphatic hydroxyl groups excluding tert-OH is 1. The Hall–Kier alpha value is -1.18. The molecule has 0 rings (SSSR count). The van der Waals surface area contributed by atoms with E-state index in [0.717, 1.165) is 57.8 Å². The van der Waals surface area contributed by atoms with Crippen molar-refractivity contribution in [2.45, 2.75) is 161 Å². The van der Waals surface area contributed by atoms with E-state index in [9.17, 15) is 22.9 Å². The number of hydrogen-bond acceptors (Lipinski definition) is 4. The van der Waals surface area contributed by atoms with Crippen LogP contribution in [0.4, 0.5) is 0 Å². The van der Waals surface area contributed by atoms with Gasteiger partial charge in [0.05, 0.1) is 17.9 Å². The molecule has 0 heterocycles. The predicted octanol–water partition coefficient (Wildman–Crippen LogP) is 8.06. The van der Waals surface area contributed by atoms with Crippen LogP contribution in [0.25, 0.3) is 0 Å². The van der Waals surface area contributed by atoms with Crippen LogP contribution in [0.1, 0.15) is 149 Å². The Kier molecular flexibility index (Phi) is 25.3. The molecule has 0 aliphatic heterocycles. The first-order chi connectivity index (χ1) is 18.3.